The van der Waals surface area contributed by atoms with Crippen LogP contribution in [0.1, 0.15) is 24.2 Å². The van der Waals surface area contributed by atoms with Crippen LogP contribution in [0.4, 0.5) is 11.4 Å². The van der Waals surface area contributed by atoms with E-state index in [1.165, 1.54) is 23.9 Å². The number of nitrogens with zero attached hydrogens (tertiary/aromatic N) is 1. The summed E-state index contributed by atoms with van der Waals surface area (Å²) in [5.41, 5.74) is 1.02. The van der Waals surface area contributed by atoms with E-state index in [-0.39, 0.29) is 17.5 Å². The van der Waals surface area contributed by atoms with E-state index in [1.54, 1.807) is 43.3 Å². The van der Waals surface area contributed by atoms with Gasteiger partial charge in [0.15, 0.2) is 0 Å². The fourth-order valence-corrected chi connectivity index (χ4v) is 3.02. The number of nitro benzene ring substituents is 1. The zero-order valence-corrected chi connectivity index (χ0v) is 15.2. The minimum absolute atomic E-state index is 0.00799. The molecule has 2 amide bonds. The lowest BCUT2D eigenvalue weighted by molar-refractivity contribution is -0.384. The molecule has 0 saturated carbocycles. The number of hydrogen-bond acceptors (Lipinski definition) is 5. The van der Waals surface area contributed by atoms with Crippen LogP contribution in [-0.2, 0) is 4.79 Å². The predicted octanol–water partition coefficient (Wildman–Crippen LogP) is 3.46. The molecule has 2 rings (SSSR count). The van der Waals surface area contributed by atoms with E-state index >= 15 is 0 Å². The lowest BCUT2D eigenvalue weighted by atomic mass is 10.2. The smallest absolute Gasteiger partial charge is 0.269 e. The van der Waals surface area contributed by atoms with Crippen molar-refractivity contribution in [3.8, 4) is 0 Å². The van der Waals surface area contributed by atoms with Gasteiger partial charge in [0.1, 0.15) is 0 Å². The molecule has 8 heteroatoms. The number of nitrogens with one attached hydrogen (secondary N) is 2. The highest BCUT2D eigenvalue weighted by Crippen LogP contribution is 2.26. The summed E-state index contributed by atoms with van der Waals surface area (Å²) in [5.74, 6) is -0.418. The fraction of sp³-hybridized carbons (Fsp3) is 0.222. The highest BCUT2D eigenvalue weighted by Gasteiger charge is 2.16. The van der Waals surface area contributed by atoms with Gasteiger partial charge in [-0.15, -0.1) is 11.8 Å². The molecule has 7 nitrogen and oxygen atoms in total. The third-order valence-electron chi connectivity index (χ3n) is 3.46. The molecule has 2 aromatic carbocycles. The zero-order valence-electron chi connectivity index (χ0n) is 14.4. The number of thioether (sulfide) groups is 1. The number of hydrogen-bond donors (Lipinski definition) is 2. The van der Waals surface area contributed by atoms with Gasteiger partial charge in [-0.05, 0) is 44.2 Å². The maximum absolute atomic E-state index is 12.4. The van der Waals surface area contributed by atoms with Crippen LogP contribution in [0.15, 0.2) is 53.4 Å². The Morgan fingerprint density at radius 2 is 1.88 bits per heavy atom. The Balaban J connectivity index is 1.99. The Labute approximate surface area is 155 Å². The van der Waals surface area contributed by atoms with Crippen LogP contribution in [-0.4, -0.2) is 28.5 Å². The summed E-state index contributed by atoms with van der Waals surface area (Å²) in [6.07, 6.45) is 0. The normalized spacial score (nSPS) is 11.5. The molecule has 26 heavy (non-hydrogen) atoms. The maximum Gasteiger partial charge on any atom is 0.269 e. The van der Waals surface area contributed by atoms with Crippen LogP contribution in [0.2, 0.25) is 0 Å². The van der Waals surface area contributed by atoms with Gasteiger partial charge in [0.2, 0.25) is 5.91 Å². The van der Waals surface area contributed by atoms with Gasteiger partial charge in [-0.3, -0.25) is 19.7 Å². The molecule has 0 aromatic heterocycles. The summed E-state index contributed by atoms with van der Waals surface area (Å²) in [7, 11) is 0. The van der Waals surface area contributed by atoms with Gasteiger partial charge in [-0.2, -0.15) is 0 Å². The largest absolute Gasteiger partial charge is 0.352 e. The van der Waals surface area contributed by atoms with E-state index in [1.807, 2.05) is 6.92 Å². The van der Waals surface area contributed by atoms with E-state index < -0.39 is 10.2 Å². The van der Waals surface area contributed by atoms with Crippen molar-refractivity contribution in [2.75, 3.05) is 11.9 Å². The molecule has 0 aliphatic heterocycles. The standard InChI is InChI=1S/C18H19N3O4S/c1-3-19-18(23)13-5-4-6-14(11-13)20-17(22)12(2)26-16-9-7-15(8-10-16)21(24)25/h4-12H,3H2,1-2H3,(H,19,23)(H,20,22). The first-order chi connectivity index (χ1) is 12.4. The molecule has 0 aliphatic carbocycles. The van der Waals surface area contributed by atoms with Crippen molar-refractivity contribution >= 4 is 35.0 Å². The third-order valence-corrected chi connectivity index (χ3v) is 4.57. The van der Waals surface area contributed by atoms with E-state index in [0.29, 0.717) is 17.8 Å². The molecule has 0 saturated heterocycles. The van der Waals surface area contributed by atoms with Crippen LogP contribution < -0.4 is 10.6 Å². The van der Waals surface area contributed by atoms with Crippen LogP contribution in [0, 0.1) is 10.1 Å². The first-order valence-electron chi connectivity index (χ1n) is 8.01. The monoisotopic (exact) mass is 373 g/mol. The van der Waals surface area contributed by atoms with Crippen LogP contribution in [0.5, 0.6) is 0 Å². The highest BCUT2D eigenvalue weighted by atomic mass is 32.2. The number of benzene rings is 2. The van der Waals surface area contributed by atoms with Crippen molar-refractivity contribution in [1.29, 1.82) is 0 Å². The van der Waals surface area contributed by atoms with Gasteiger partial charge < -0.3 is 10.6 Å². The van der Waals surface area contributed by atoms with E-state index in [9.17, 15) is 19.7 Å². The van der Waals surface area contributed by atoms with Crippen molar-refractivity contribution < 1.29 is 14.5 Å². The summed E-state index contributed by atoms with van der Waals surface area (Å²) in [5, 5.41) is 15.7. The van der Waals surface area contributed by atoms with Gasteiger partial charge in [-0.1, -0.05) is 6.07 Å². The quantitative estimate of drug-likeness (QED) is 0.440. The molecule has 2 aromatic rings. The third kappa shape index (κ3) is 5.32. The molecule has 0 heterocycles. The first kappa shape index (κ1) is 19.5. The SMILES string of the molecule is CCNC(=O)c1cccc(NC(=O)C(C)Sc2ccc([N+](=O)[O-])cc2)c1. The summed E-state index contributed by atoms with van der Waals surface area (Å²) in [6, 6.07) is 12.7. The lowest BCUT2D eigenvalue weighted by Crippen LogP contribution is -2.24. The van der Waals surface area contributed by atoms with E-state index in [2.05, 4.69) is 10.6 Å². The highest BCUT2D eigenvalue weighted by molar-refractivity contribution is 8.00. The second-order valence-electron chi connectivity index (χ2n) is 5.44. The Bertz CT molecular complexity index is 808. The Morgan fingerprint density at radius 3 is 2.50 bits per heavy atom. The van der Waals surface area contributed by atoms with Gasteiger partial charge in [-0.25, -0.2) is 0 Å². The summed E-state index contributed by atoms with van der Waals surface area (Å²) >= 11 is 1.30. The molecular weight excluding hydrogens is 354 g/mol. The Morgan fingerprint density at radius 1 is 1.19 bits per heavy atom. The lowest BCUT2D eigenvalue weighted by Gasteiger charge is -2.12. The van der Waals surface area contributed by atoms with Crippen molar-refractivity contribution in [2.24, 2.45) is 0 Å². The number of rotatable bonds is 7. The van der Waals surface area contributed by atoms with Crippen molar-refractivity contribution in [2.45, 2.75) is 24.0 Å². The van der Waals surface area contributed by atoms with E-state index in [0.717, 1.165) is 4.90 Å². The second-order valence-corrected chi connectivity index (χ2v) is 6.85. The molecule has 2 N–H and O–H groups in total. The number of anilines is 1. The minimum Gasteiger partial charge on any atom is -0.352 e. The zero-order chi connectivity index (χ0) is 19.1. The second kappa shape index (κ2) is 9.00. The molecular formula is C18H19N3O4S. The van der Waals surface area contributed by atoms with Gasteiger partial charge in [0, 0.05) is 34.8 Å². The van der Waals surface area contributed by atoms with Gasteiger partial charge in [0.25, 0.3) is 11.6 Å². The molecule has 0 fully saturated rings. The molecule has 0 aliphatic rings. The fourth-order valence-electron chi connectivity index (χ4n) is 2.15. The van der Waals surface area contributed by atoms with Crippen LogP contribution in [0.3, 0.4) is 0 Å². The van der Waals surface area contributed by atoms with Crippen LogP contribution in [0.25, 0.3) is 0 Å². The molecule has 1 unspecified atom stereocenters. The number of nitro groups is 1. The number of carbonyl (C=O) groups is 2. The van der Waals surface area contributed by atoms with Gasteiger partial charge >= 0.3 is 0 Å². The first-order valence-corrected chi connectivity index (χ1v) is 8.89. The number of non-ortho nitro benzene ring substituents is 1. The molecule has 0 radical (unpaired) electrons. The Kier molecular flexibility index (Phi) is 6.74. The predicted molar refractivity (Wildman–Crippen MR) is 101 cm³/mol. The molecule has 0 spiro atoms. The molecule has 0 bridgehead atoms. The summed E-state index contributed by atoms with van der Waals surface area (Å²) in [6.45, 7) is 4.11. The topological polar surface area (TPSA) is 101 Å². The van der Waals surface area contributed by atoms with Gasteiger partial charge in [0.05, 0.1) is 10.2 Å². The van der Waals surface area contributed by atoms with Crippen molar-refractivity contribution in [1.82, 2.24) is 5.32 Å². The number of amides is 2. The maximum atomic E-state index is 12.4. The van der Waals surface area contributed by atoms with Crippen molar-refractivity contribution in [3.05, 3.63) is 64.2 Å². The molecule has 1 atom stereocenters. The average molecular weight is 373 g/mol. The molecule has 136 valence electrons. The summed E-state index contributed by atoms with van der Waals surface area (Å²) < 4.78 is 0. The van der Waals surface area contributed by atoms with Crippen LogP contribution >= 0.6 is 11.8 Å². The Hall–Kier alpha value is -2.87. The van der Waals surface area contributed by atoms with Crippen molar-refractivity contribution in [3.63, 3.8) is 0 Å². The average Bonchev–Trinajstić information content (AvgIpc) is 2.62. The summed E-state index contributed by atoms with van der Waals surface area (Å²) in [4.78, 5) is 35.2. The minimum atomic E-state index is -0.466. The van der Waals surface area contributed by atoms with E-state index in [4.69, 9.17) is 0 Å². The number of carbonyl (C=O) groups excluding carboxylic acids is 2.